The number of para-hydroxylation sites is 1. The molecule has 0 spiro atoms. The van der Waals surface area contributed by atoms with Gasteiger partial charge in [-0.05, 0) is 31.0 Å². The number of nitrogens with zero attached hydrogens (tertiary/aromatic N) is 1. The SMILES string of the molecule is COc1ccccc1CC(=O)Nc1cccc(OCC(=O)N2CCCC2)c1. The number of rotatable bonds is 7. The van der Waals surface area contributed by atoms with Crippen LogP contribution in [0.1, 0.15) is 18.4 Å². The van der Waals surface area contributed by atoms with E-state index in [0.29, 0.717) is 17.2 Å². The number of ether oxygens (including phenoxy) is 2. The van der Waals surface area contributed by atoms with Crippen molar-refractivity contribution in [1.29, 1.82) is 0 Å². The Morgan fingerprint density at radius 3 is 2.63 bits per heavy atom. The molecule has 0 aliphatic carbocycles. The van der Waals surface area contributed by atoms with Crippen LogP contribution in [0.15, 0.2) is 48.5 Å². The van der Waals surface area contributed by atoms with Crippen LogP contribution < -0.4 is 14.8 Å². The van der Waals surface area contributed by atoms with Gasteiger partial charge in [0, 0.05) is 30.4 Å². The Morgan fingerprint density at radius 2 is 1.85 bits per heavy atom. The molecule has 1 aliphatic rings. The summed E-state index contributed by atoms with van der Waals surface area (Å²) in [5.41, 5.74) is 1.45. The molecule has 142 valence electrons. The summed E-state index contributed by atoms with van der Waals surface area (Å²) in [4.78, 5) is 26.2. The van der Waals surface area contributed by atoms with Crippen molar-refractivity contribution in [2.24, 2.45) is 0 Å². The molecule has 0 aromatic heterocycles. The molecule has 0 saturated carbocycles. The number of carbonyl (C=O) groups is 2. The summed E-state index contributed by atoms with van der Waals surface area (Å²) in [6.45, 7) is 1.63. The zero-order chi connectivity index (χ0) is 19.1. The van der Waals surface area contributed by atoms with Gasteiger partial charge in [-0.2, -0.15) is 0 Å². The summed E-state index contributed by atoms with van der Waals surface area (Å²) in [5, 5.41) is 2.86. The predicted molar refractivity (Wildman–Crippen MR) is 103 cm³/mol. The van der Waals surface area contributed by atoms with E-state index in [-0.39, 0.29) is 24.8 Å². The highest BCUT2D eigenvalue weighted by Gasteiger charge is 2.18. The molecular formula is C21H24N2O4. The molecule has 0 radical (unpaired) electrons. The Balaban J connectivity index is 1.55. The first-order valence-electron chi connectivity index (χ1n) is 9.08. The summed E-state index contributed by atoms with van der Waals surface area (Å²) >= 11 is 0. The van der Waals surface area contributed by atoms with E-state index in [2.05, 4.69) is 5.32 Å². The number of carbonyl (C=O) groups excluding carboxylic acids is 2. The van der Waals surface area contributed by atoms with E-state index in [1.165, 1.54) is 0 Å². The molecule has 1 fully saturated rings. The molecule has 6 heteroatoms. The summed E-state index contributed by atoms with van der Waals surface area (Å²) < 4.78 is 10.9. The molecular weight excluding hydrogens is 344 g/mol. The van der Waals surface area contributed by atoms with Crippen LogP contribution in [0.4, 0.5) is 5.69 Å². The first-order chi connectivity index (χ1) is 13.2. The second-order valence-electron chi connectivity index (χ2n) is 6.44. The average molecular weight is 368 g/mol. The monoisotopic (exact) mass is 368 g/mol. The van der Waals surface area contributed by atoms with Crippen LogP contribution in [0.2, 0.25) is 0 Å². The lowest BCUT2D eigenvalue weighted by molar-refractivity contribution is -0.132. The van der Waals surface area contributed by atoms with Crippen molar-refractivity contribution < 1.29 is 19.1 Å². The van der Waals surface area contributed by atoms with Crippen molar-refractivity contribution in [2.75, 3.05) is 32.1 Å². The fraction of sp³-hybridized carbons (Fsp3) is 0.333. The maximum absolute atomic E-state index is 12.3. The Morgan fingerprint density at radius 1 is 1.07 bits per heavy atom. The number of likely N-dealkylation sites (tertiary alicyclic amines) is 1. The highest BCUT2D eigenvalue weighted by atomic mass is 16.5. The standard InChI is InChI=1S/C21H24N2O4/c1-26-19-10-3-2-7-16(19)13-20(24)22-17-8-6-9-18(14-17)27-15-21(25)23-11-4-5-12-23/h2-3,6-10,14H,4-5,11-13,15H2,1H3,(H,22,24). The molecule has 1 heterocycles. The Labute approximate surface area is 159 Å². The van der Waals surface area contributed by atoms with Gasteiger partial charge in [-0.25, -0.2) is 0 Å². The molecule has 6 nitrogen and oxygen atoms in total. The number of benzene rings is 2. The van der Waals surface area contributed by atoms with Crippen LogP contribution in [0.3, 0.4) is 0 Å². The number of hydrogen-bond acceptors (Lipinski definition) is 4. The number of hydrogen-bond donors (Lipinski definition) is 1. The van der Waals surface area contributed by atoms with Crippen molar-refractivity contribution >= 4 is 17.5 Å². The van der Waals surface area contributed by atoms with Crippen LogP contribution in [0.25, 0.3) is 0 Å². The molecule has 2 amide bonds. The summed E-state index contributed by atoms with van der Waals surface area (Å²) in [6.07, 6.45) is 2.32. The lowest BCUT2D eigenvalue weighted by Gasteiger charge is -2.16. The molecule has 0 atom stereocenters. The van der Waals surface area contributed by atoms with E-state index in [1.54, 1.807) is 31.4 Å². The average Bonchev–Trinajstić information content (AvgIpc) is 3.22. The molecule has 27 heavy (non-hydrogen) atoms. The van der Waals surface area contributed by atoms with Crippen LogP contribution in [0.5, 0.6) is 11.5 Å². The molecule has 1 N–H and O–H groups in total. The van der Waals surface area contributed by atoms with Gasteiger partial charge in [-0.15, -0.1) is 0 Å². The van der Waals surface area contributed by atoms with Crippen molar-refractivity contribution in [3.05, 3.63) is 54.1 Å². The normalized spacial score (nSPS) is 13.3. The fourth-order valence-corrected chi connectivity index (χ4v) is 3.09. The quantitative estimate of drug-likeness (QED) is 0.816. The maximum atomic E-state index is 12.3. The third-order valence-corrected chi connectivity index (χ3v) is 4.48. The Hall–Kier alpha value is -3.02. The first-order valence-corrected chi connectivity index (χ1v) is 9.08. The van der Waals surface area contributed by atoms with Gasteiger partial charge in [-0.1, -0.05) is 24.3 Å². The van der Waals surface area contributed by atoms with Gasteiger partial charge in [0.05, 0.1) is 13.5 Å². The van der Waals surface area contributed by atoms with Gasteiger partial charge in [0.2, 0.25) is 5.91 Å². The van der Waals surface area contributed by atoms with Gasteiger partial charge in [0.25, 0.3) is 5.91 Å². The molecule has 1 saturated heterocycles. The lowest BCUT2D eigenvalue weighted by atomic mass is 10.1. The third-order valence-electron chi connectivity index (χ3n) is 4.48. The predicted octanol–water partition coefficient (Wildman–Crippen LogP) is 2.88. The highest BCUT2D eigenvalue weighted by Crippen LogP contribution is 2.20. The minimum Gasteiger partial charge on any atom is -0.496 e. The smallest absolute Gasteiger partial charge is 0.260 e. The second kappa shape index (κ2) is 9.07. The molecule has 0 unspecified atom stereocenters. The van der Waals surface area contributed by atoms with Gasteiger partial charge < -0.3 is 19.7 Å². The van der Waals surface area contributed by atoms with Crippen molar-refractivity contribution in [3.63, 3.8) is 0 Å². The molecule has 0 bridgehead atoms. The van der Waals surface area contributed by atoms with E-state index in [9.17, 15) is 9.59 Å². The first kappa shape index (κ1) is 18.8. The Bertz CT molecular complexity index is 800. The third kappa shape index (κ3) is 5.23. The largest absolute Gasteiger partial charge is 0.496 e. The Kier molecular flexibility index (Phi) is 6.30. The van der Waals surface area contributed by atoms with Crippen LogP contribution in [-0.2, 0) is 16.0 Å². The van der Waals surface area contributed by atoms with E-state index >= 15 is 0 Å². The van der Waals surface area contributed by atoms with Gasteiger partial charge in [-0.3, -0.25) is 9.59 Å². The van der Waals surface area contributed by atoms with E-state index in [4.69, 9.17) is 9.47 Å². The summed E-state index contributed by atoms with van der Waals surface area (Å²) in [5.74, 6) is 1.09. The number of nitrogens with one attached hydrogen (secondary N) is 1. The molecule has 2 aromatic carbocycles. The fourth-order valence-electron chi connectivity index (χ4n) is 3.09. The van der Waals surface area contributed by atoms with Crippen molar-refractivity contribution in [1.82, 2.24) is 4.90 Å². The van der Waals surface area contributed by atoms with Gasteiger partial charge in [0.15, 0.2) is 6.61 Å². The second-order valence-corrected chi connectivity index (χ2v) is 6.44. The van der Waals surface area contributed by atoms with Crippen LogP contribution in [0, 0.1) is 0 Å². The number of anilines is 1. The topological polar surface area (TPSA) is 67.9 Å². The van der Waals surface area contributed by atoms with E-state index in [1.807, 2.05) is 29.2 Å². The summed E-state index contributed by atoms with van der Waals surface area (Å²) in [7, 11) is 1.58. The number of amides is 2. The van der Waals surface area contributed by atoms with E-state index < -0.39 is 0 Å². The zero-order valence-corrected chi connectivity index (χ0v) is 15.4. The lowest BCUT2D eigenvalue weighted by Crippen LogP contribution is -2.32. The van der Waals surface area contributed by atoms with E-state index in [0.717, 1.165) is 31.5 Å². The summed E-state index contributed by atoms with van der Waals surface area (Å²) in [6, 6.07) is 14.5. The molecule has 1 aliphatic heterocycles. The number of methoxy groups -OCH3 is 1. The molecule has 2 aromatic rings. The maximum Gasteiger partial charge on any atom is 0.260 e. The van der Waals surface area contributed by atoms with Crippen LogP contribution >= 0.6 is 0 Å². The minimum absolute atomic E-state index is 0.00175. The minimum atomic E-state index is -0.148. The molecule has 3 rings (SSSR count). The van der Waals surface area contributed by atoms with Crippen molar-refractivity contribution in [2.45, 2.75) is 19.3 Å². The van der Waals surface area contributed by atoms with Crippen LogP contribution in [-0.4, -0.2) is 43.5 Å². The van der Waals surface area contributed by atoms with Crippen molar-refractivity contribution in [3.8, 4) is 11.5 Å². The van der Waals surface area contributed by atoms with Gasteiger partial charge >= 0.3 is 0 Å². The van der Waals surface area contributed by atoms with Gasteiger partial charge in [0.1, 0.15) is 11.5 Å². The highest BCUT2D eigenvalue weighted by molar-refractivity contribution is 5.92. The zero-order valence-electron chi connectivity index (χ0n) is 15.4.